The average molecular weight is 598 g/mol. The van der Waals surface area contributed by atoms with Gasteiger partial charge in [-0.05, 0) is 72.4 Å². The summed E-state index contributed by atoms with van der Waals surface area (Å²) in [6.45, 7) is 3.81. The highest BCUT2D eigenvalue weighted by atomic mass is 16.5. The first-order valence-corrected chi connectivity index (χ1v) is 16.6. The number of rotatable bonds is 7. The van der Waals surface area contributed by atoms with Gasteiger partial charge in [-0.15, -0.1) is 0 Å². The minimum atomic E-state index is -0.863. The fourth-order valence-corrected chi connectivity index (χ4v) is 9.37. The monoisotopic (exact) mass is 597 g/mol. The van der Waals surface area contributed by atoms with Gasteiger partial charge in [0.25, 0.3) is 0 Å². The van der Waals surface area contributed by atoms with E-state index in [1.54, 1.807) is 14.2 Å². The van der Waals surface area contributed by atoms with Gasteiger partial charge in [-0.25, -0.2) is 4.79 Å². The molecule has 1 aromatic heterocycles. The maximum atomic E-state index is 14.7. The van der Waals surface area contributed by atoms with Gasteiger partial charge in [0.2, 0.25) is 5.91 Å². The number of amides is 1. The fraction of sp³-hybridized carbons (Fsp3) is 0.556. The van der Waals surface area contributed by atoms with E-state index in [-0.39, 0.29) is 23.8 Å². The Morgan fingerprint density at radius 2 is 1.84 bits per heavy atom. The normalized spacial score (nSPS) is 28.2. The Labute approximate surface area is 259 Å². The van der Waals surface area contributed by atoms with E-state index < -0.39 is 5.97 Å². The number of nitrogens with zero attached hydrogens (tertiary/aromatic N) is 3. The van der Waals surface area contributed by atoms with Crippen molar-refractivity contribution in [2.75, 3.05) is 40.5 Å². The first kappa shape index (κ1) is 28.1. The standard InChI is InChI=1S/C36H43N3O5/c1-43-16-15-37-18-23-12-11-22(37)19-38(23)35(40)26-10-6-9-25-31(26)29-17-27-30(44-2)14-13-24(21-7-4-3-5-8-21)34(27)39(29)20-28-32(25)33(28)36(41)42/h6,9,13-14,17,21-23,26,31H,3-5,7-8,10-12,15-16,18-20H2,1-2H3,(H,41,42)/t22?,23?,26-,31-/m1/s1. The van der Waals surface area contributed by atoms with Crippen molar-refractivity contribution in [3.8, 4) is 5.75 Å². The Hall–Kier alpha value is -3.36. The van der Waals surface area contributed by atoms with E-state index in [1.165, 1.54) is 43.2 Å². The third kappa shape index (κ3) is 4.31. The van der Waals surface area contributed by atoms with Gasteiger partial charge in [-0.2, -0.15) is 0 Å². The largest absolute Gasteiger partial charge is 0.496 e. The molecule has 1 saturated carbocycles. The molecule has 8 heteroatoms. The summed E-state index contributed by atoms with van der Waals surface area (Å²) in [6.07, 6.45) is 13.1. The first-order chi connectivity index (χ1) is 21.5. The lowest BCUT2D eigenvalue weighted by atomic mass is 9.75. The molecule has 232 valence electrons. The highest BCUT2D eigenvalue weighted by Crippen LogP contribution is 2.55. The van der Waals surface area contributed by atoms with Gasteiger partial charge in [0.15, 0.2) is 0 Å². The fourth-order valence-electron chi connectivity index (χ4n) is 9.37. The van der Waals surface area contributed by atoms with Crippen molar-refractivity contribution in [3.05, 3.63) is 63.9 Å². The molecule has 2 aromatic rings. The molecule has 4 fully saturated rings. The van der Waals surface area contributed by atoms with E-state index in [0.717, 1.165) is 66.0 Å². The first-order valence-electron chi connectivity index (χ1n) is 16.6. The number of carboxylic acids is 1. The molecule has 0 radical (unpaired) electrons. The van der Waals surface area contributed by atoms with E-state index >= 15 is 0 Å². The van der Waals surface area contributed by atoms with Gasteiger partial charge in [-0.1, -0.05) is 37.5 Å². The van der Waals surface area contributed by atoms with Gasteiger partial charge < -0.3 is 24.0 Å². The summed E-state index contributed by atoms with van der Waals surface area (Å²) in [7, 11) is 3.47. The van der Waals surface area contributed by atoms with Crippen LogP contribution in [-0.2, 0) is 20.9 Å². The Morgan fingerprint density at radius 3 is 2.57 bits per heavy atom. The molecule has 8 nitrogen and oxygen atoms in total. The number of allylic oxidation sites excluding steroid dienone is 4. The van der Waals surface area contributed by atoms with Crippen molar-refractivity contribution in [2.45, 2.75) is 81.8 Å². The third-order valence-corrected chi connectivity index (χ3v) is 11.5. The molecule has 5 heterocycles. The van der Waals surface area contributed by atoms with Crippen molar-refractivity contribution in [1.29, 1.82) is 0 Å². The maximum Gasteiger partial charge on any atom is 0.336 e. The summed E-state index contributed by atoms with van der Waals surface area (Å²) in [5, 5.41) is 11.3. The minimum Gasteiger partial charge on any atom is -0.496 e. The van der Waals surface area contributed by atoms with Crippen LogP contribution in [0.4, 0.5) is 0 Å². The van der Waals surface area contributed by atoms with Gasteiger partial charge in [-0.3, -0.25) is 9.69 Å². The van der Waals surface area contributed by atoms with E-state index in [9.17, 15) is 14.7 Å². The second kappa shape index (κ2) is 10.9. The van der Waals surface area contributed by atoms with Crippen LogP contribution in [0, 0.1) is 5.92 Å². The summed E-state index contributed by atoms with van der Waals surface area (Å²) >= 11 is 0. The molecule has 0 spiro atoms. The number of piperidine rings is 2. The number of fused-ring (bicyclic) bond motifs is 9. The number of carboxylic acid groups (broad SMARTS) is 1. The Balaban J connectivity index is 1.24. The lowest BCUT2D eigenvalue weighted by Gasteiger charge is -2.52. The van der Waals surface area contributed by atoms with E-state index in [2.05, 4.69) is 44.7 Å². The molecular formula is C36H43N3O5. The van der Waals surface area contributed by atoms with Gasteiger partial charge in [0.05, 0.1) is 30.7 Å². The van der Waals surface area contributed by atoms with Crippen LogP contribution in [0.1, 0.15) is 74.5 Å². The van der Waals surface area contributed by atoms with Crippen LogP contribution in [0.25, 0.3) is 10.9 Å². The molecule has 2 bridgehead atoms. The maximum absolute atomic E-state index is 14.7. The number of benzene rings is 1. The highest BCUT2D eigenvalue weighted by Gasteiger charge is 2.49. The van der Waals surface area contributed by atoms with Crippen LogP contribution in [0.5, 0.6) is 5.75 Å². The molecule has 44 heavy (non-hydrogen) atoms. The van der Waals surface area contributed by atoms with Crippen LogP contribution >= 0.6 is 0 Å². The summed E-state index contributed by atoms with van der Waals surface area (Å²) < 4.78 is 13.7. The zero-order chi connectivity index (χ0) is 30.1. The van der Waals surface area contributed by atoms with E-state index in [0.29, 0.717) is 37.1 Å². The van der Waals surface area contributed by atoms with Crippen LogP contribution in [0.3, 0.4) is 0 Å². The summed E-state index contributed by atoms with van der Waals surface area (Å²) in [6, 6.07) is 7.20. The topological polar surface area (TPSA) is 84.2 Å². The smallest absolute Gasteiger partial charge is 0.336 e. The van der Waals surface area contributed by atoms with Crippen LogP contribution < -0.4 is 4.74 Å². The predicted molar refractivity (Wildman–Crippen MR) is 168 cm³/mol. The summed E-state index contributed by atoms with van der Waals surface area (Å²) in [4.78, 5) is 31.8. The van der Waals surface area contributed by atoms with Crippen molar-refractivity contribution in [2.24, 2.45) is 5.92 Å². The molecule has 3 saturated heterocycles. The van der Waals surface area contributed by atoms with Crippen LogP contribution in [0.15, 0.2) is 52.6 Å². The van der Waals surface area contributed by atoms with Gasteiger partial charge in [0, 0.05) is 62.4 Å². The number of ether oxygens (including phenoxy) is 2. The molecule has 2 unspecified atom stereocenters. The highest BCUT2D eigenvalue weighted by molar-refractivity contribution is 6.05. The molecule has 4 atom stereocenters. The Kier molecular flexibility index (Phi) is 6.98. The molecule has 4 aliphatic heterocycles. The Bertz CT molecular complexity index is 1630. The summed E-state index contributed by atoms with van der Waals surface area (Å²) in [5.41, 5.74) is 6.88. The van der Waals surface area contributed by atoms with Gasteiger partial charge in [0.1, 0.15) is 5.75 Å². The number of carbonyl (C=O) groups is 2. The van der Waals surface area contributed by atoms with Gasteiger partial charge >= 0.3 is 5.97 Å². The number of aromatic nitrogens is 1. The van der Waals surface area contributed by atoms with Crippen LogP contribution in [-0.4, -0.2) is 83.9 Å². The van der Waals surface area contributed by atoms with E-state index in [1.807, 2.05) is 0 Å². The quantitative estimate of drug-likeness (QED) is 0.461. The second-order valence-electron chi connectivity index (χ2n) is 13.7. The number of hydrogen-bond donors (Lipinski definition) is 1. The van der Waals surface area contributed by atoms with E-state index in [4.69, 9.17) is 9.47 Å². The van der Waals surface area contributed by atoms with Crippen molar-refractivity contribution >= 4 is 22.8 Å². The predicted octanol–water partition coefficient (Wildman–Crippen LogP) is 5.38. The second-order valence-corrected chi connectivity index (χ2v) is 13.7. The van der Waals surface area contributed by atoms with Crippen LogP contribution in [0.2, 0.25) is 0 Å². The molecular weight excluding hydrogens is 554 g/mol. The third-order valence-electron chi connectivity index (χ3n) is 11.5. The lowest BCUT2D eigenvalue weighted by Crippen LogP contribution is -2.65. The van der Waals surface area contributed by atoms with Crippen molar-refractivity contribution in [1.82, 2.24) is 14.4 Å². The number of piperazine rings is 1. The summed E-state index contributed by atoms with van der Waals surface area (Å²) in [5.74, 6) is 0.211. The molecule has 1 amide bonds. The van der Waals surface area contributed by atoms with Crippen molar-refractivity contribution < 1.29 is 24.2 Å². The molecule has 9 rings (SSSR count). The number of aliphatic carboxylic acids is 1. The zero-order valence-electron chi connectivity index (χ0n) is 25.9. The minimum absolute atomic E-state index is 0.196. The SMILES string of the molecule is COCCN1CC2CCC1CN2C(=O)[C@@H]1CC=CC2=C3C(=C3C(=O)O)Cn3c(cc4c(OC)ccc(C5CCCCC5)c43)[C@H]21. The average Bonchev–Trinajstić information content (AvgIpc) is 3.70. The zero-order valence-corrected chi connectivity index (χ0v) is 25.9. The van der Waals surface area contributed by atoms with Crippen molar-refractivity contribution in [3.63, 3.8) is 0 Å². The molecule has 1 aromatic carbocycles. The molecule has 7 aliphatic rings. The number of hydrogen-bond acceptors (Lipinski definition) is 5. The lowest BCUT2D eigenvalue weighted by molar-refractivity contribution is -0.147. The number of carbonyl (C=O) groups excluding carboxylic acids is 1. The number of methoxy groups -OCH3 is 2. The Morgan fingerprint density at radius 1 is 1.02 bits per heavy atom. The molecule has 1 N–H and O–H groups in total. The molecule has 3 aliphatic carbocycles.